The number of benzene rings is 1. The van der Waals surface area contributed by atoms with Crippen molar-refractivity contribution < 1.29 is 9.18 Å². The molecule has 3 rings (SSSR count). The number of piperidine rings is 1. The Balaban J connectivity index is 0.00000208. The normalized spacial score (nSPS) is 16.2. The van der Waals surface area contributed by atoms with Crippen LogP contribution in [0, 0.1) is 12.7 Å². The molecule has 7 heteroatoms. The zero-order valence-corrected chi connectivity index (χ0v) is 14.4. The topological polar surface area (TPSA) is 59.0 Å². The maximum Gasteiger partial charge on any atom is 0.248 e. The van der Waals surface area contributed by atoms with E-state index in [0.29, 0.717) is 24.9 Å². The molecule has 0 aliphatic carbocycles. The molecule has 1 fully saturated rings. The highest BCUT2D eigenvalue weighted by atomic mass is 35.5. The van der Waals surface area contributed by atoms with Gasteiger partial charge in [-0.25, -0.2) is 4.39 Å². The molecule has 0 radical (unpaired) electrons. The van der Waals surface area contributed by atoms with E-state index in [2.05, 4.69) is 15.7 Å². The molecule has 0 unspecified atom stereocenters. The fourth-order valence-electron chi connectivity index (χ4n) is 3.02. The SMILES string of the molecule is Cc1ccc(CNC(=O)C2(n3cccn3)CCNCC2)cc1F.Cl. The highest BCUT2D eigenvalue weighted by Crippen LogP contribution is 2.27. The average molecular weight is 353 g/mol. The summed E-state index contributed by atoms with van der Waals surface area (Å²) in [6.45, 7) is 3.57. The van der Waals surface area contributed by atoms with Gasteiger partial charge in [0.05, 0.1) is 0 Å². The van der Waals surface area contributed by atoms with Crippen LogP contribution in [0.1, 0.15) is 24.0 Å². The van der Waals surface area contributed by atoms with Gasteiger partial charge >= 0.3 is 0 Å². The molecule has 1 aliphatic rings. The van der Waals surface area contributed by atoms with Crippen molar-refractivity contribution in [3.63, 3.8) is 0 Å². The monoisotopic (exact) mass is 352 g/mol. The van der Waals surface area contributed by atoms with E-state index < -0.39 is 5.54 Å². The number of hydrogen-bond acceptors (Lipinski definition) is 3. The van der Waals surface area contributed by atoms with E-state index in [9.17, 15) is 9.18 Å². The van der Waals surface area contributed by atoms with E-state index in [1.54, 1.807) is 23.9 Å². The quantitative estimate of drug-likeness (QED) is 0.886. The van der Waals surface area contributed by atoms with Crippen LogP contribution in [0.5, 0.6) is 0 Å². The number of nitrogens with zero attached hydrogens (tertiary/aromatic N) is 2. The number of amides is 1. The fourth-order valence-corrected chi connectivity index (χ4v) is 3.02. The molecule has 5 nitrogen and oxygen atoms in total. The molecule has 1 aromatic carbocycles. The van der Waals surface area contributed by atoms with Crippen molar-refractivity contribution in [1.82, 2.24) is 20.4 Å². The maximum atomic E-state index is 13.6. The summed E-state index contributed by atoms with van der Waals surface area (Å²) in [5, 5.41) is 10.5. The van der Waals surface area contributed by atoms with Crippen LogP contribution in [0.3, 0.4) is 0 Å². The van der Waals surface area contributed by atoms with E-state index >= 15 is 0 Å². The second-order valence-electron chi connectivity index (χ2n) is 6.00. The molecule has 2 heterocycles. The van der Waals surface area contributed by atoms with Crippen LogP contribution in [0.4, 0.5) is 4.39 Å². The second-order valence-corrected chi connectivity index (χ2v) is 6.00. The number of halogens is 2. The lowest BCUT2D eigenvalue weighted by Gasteiger charge is -2.36. The minimum atomic E-state index is -0.669. The van der Waals surface area contributed by atoms with E-state index in [4.69, 9.17) is 0 Å². The van der Waals surface area contributed by atoms with E-state index in [0.717, 1.165) is 18.7 Å². The summed E-state index contributed by atoms with van der Waals surface area (Å²) in [6.07, 6.45) is 4.88. The zero-order chi connectivity index (χ0) is 16.3. The lowest BCUT2D eigenvalue weighted by atomic mass is 9.87. The third-order valence-electron chi connectivity index (χ3n) is 4.49. The molecule has 1 amide bonds. The van der Waals surface area contributed by atoms with Gasteiger partial charge in [-0.15, -0.1) is 12.4 Å². The first kappa shape index (κ1) is 18.4. The molecule has 0 spiro atoms. The Bertz CT molecular complexity index is 684. The van der Waals surface area contributed by atoms with Crippen molar-refractivity contribution in [1.29, 1.82) is 0 Å². The minimum Gasteiger partial charge on any atom is -0.350 e. The van der Waals surface area contributed by atoms with E-state index in [1.807, 2.05) is 18.3 Å². The number of rotatable bonds is 4. The van der Waals surface area contributed by atoms with E-state index in [1.165, 1.54) is 6.07 Å². The summed E-state index contributed by atoms with van der Waals surface area (Å²) < 4.78 is 15.4. The molecule has 0 saturated carbocycles. The molecule has 1 aromatic heterocycles. The molecule has 0 atom stereocenters. The summed E-state index contributed by atoms with van der Waals surface area (Å²) in [5.74, 6) is -0.316. The van der Waals surface area contributed by atoms with Crippen LogP contribution in [0.25, 0.3) is 0 Å². The average Bonchev–Trinajstić information content (AvgIpc) is 3.11. The number of aromatic nitrogens is 2. The number of carbonyl (C=O) groups excluding carboxylic acids is 1. The van der Waals surface area contributed by atoms with Crippen LogP contribution in [-0.4, -0.2) is 28.8 Å². The molecule has 0 bridgehead atoms. The minimum absolute atomic E-state index is 0. The van der Waals surface area contributed by atoms with Gasteiger partial charge in [0.2, 0.25) is 5.91 Å². The maximum absolute atomic E-state index is 13.6. The molecular weight excluding hydrogens is 331 g/mol. The Hall–Kier alpha value is -1.92. The van der Waals surface area contributed by atoms with Crippen LogP contribution in [0.15, 0.2) is 36.7 Å². The van der Waals surface area contributed by atoms with Gasteiger partial charge in [0.1, 0.15) is 11.4 Å². The van der Waals surface area contributed by atoms with Crippen molar-refractivity contribution in [3.8, 4) is 0 Å². The van der Waals surface area contributed by atoms with Crippen molar-refractivity contribution in [2.75, 3.05) is 13.1 Å². The Kier molecular flexibility index (Phi) is 5.96. The van der Waals surface area contributed by atoms with Crippen LogP contribution < -0.4 is 10.6 Å². The first-order valence-electron chi connectivity index (χ1n) is 7.86. The van der Waals surface area contributed by atoms with Crippen molar-refractivity contribution in [2.45, 2.75) is 31.8 Å². The van der Waals surface area contributed by atoms with Gasteiger partial charge in [-0.3, -0.25) is 9.48 Å². The second kappa shape index (κ2) is 7.77. The highest BCUT2D eigenvalue weighted by molar-refractivity contribution is 5.85. The van der Waals surface area contributed by atoms with E-state index in [-0.39, 0.29) is 24.1 Å². The van der Waals surface area contributed by atoms with Crippen molar-refractivity contribution >= 4 is 18.3 Å². The van der Waals surface area contributed by atoms with Crippen LogP contribution in [0.2, 0.25) is 0 Å². The van der Waals surface area contributed by atoms with Gasteiger partial charge in [0.15, 0.2) is 0 Å². The molecule has 24 heavy (non-hydrogen) atoms. The van der Waals surface area contributed by atoms with Gasteiger partial charge in [0.25, 0.3) is 0 Å². The molecule has 2 N–H and O–H groups in total. The number of hydrogen-bond donors (Lipinski definition) is 2. The summed E-state index contributed by atoms with van der Waals surface area (Å²) in [6, 6.07) is 6.86. The molecular formula is C17H22ClFN4O. The predicted octanol–water partition coefficient (Wildman–Crippen LogP) is 2.15. The fraction of sp³-hybridized carbons (Fsp3) is 0.412. The van der Waals surface area contributed by atoms with Crippen molar-refractivity contribution in [2.24, 2.45) is 0 Å². The highest BCUT2D eigenvalue weighted by Gasteiger charge is 2.41. The van der Waals surface area contributed by atoms with Gasteiger partial charge in [0, 0.05) is 18.9 Å². The predicted molar refractivity (Wildman–Crippen MR) is 92.5 cm³/mol. The Morgan fingerprint density at radius 2 is 2.17 bits per heavy atom. The molecule has 1 aliphatic heterocycles. The largest absolute Gasteiger partial charge is 0.350 e. The standard InChI is InChI=1S/C17H21FN4O.ClH/c1-13-3-4-14(11-15(13)18)12-20-16(23)17(5-8-19-9-6-17)22-10-2-7-21-22;/h2-4,7,10-11,19H,5-6,8-9,12H2,1H3,(H,20,23);1H. The summed E-state index contributed by atoms with van der Waals surface area (Å²) in [5.41, 5.74) is 0.690. The summed E-state index contributed by atoms with van der Waals surface area (Å²) >= 11 is 0. The van der Waals surface area contributed by atoms with Gasteiger partial charge in [-0.05, 0) is 56.1 Å². The molecule has 2 aromatic rings. The first-order chi connectivity index (χ1) is 11.1. The number of aryl methyl sites for hydroxylation is 1. The first-order valence-corrected chi connectivity index (χ1v) is 7.86. The van der Waals surface area contributed by atoms with Gasteiger partial charge in [-0.2, -0.15) is 5.10 Å². The molecule has 130 valence electrons. The van der Waals surface area contributed by atoms with Gasteiger partial charge in [-0.1, -0.05) is 12.1 Å². The van der Waals surface area contributed by atoms with Crippen LogP contribution >= 0.6 is 12.4 Å². The number of nitrogens with one attached hydrogen (secondary N) is 2. The Morgan fingerprint density at radius 1 is 1.42 bits per heavy atom. The lowest BCUT2D eigenvalue weighted by molar-refractivity contribution is -0.132. The molecule has 1 saturated heterocycles. The lowest BCUT2D eigenvalue weighted by Crippen LogP contribution is -2.54. The Labute approximate surface area is 147 Å². The van der Waals surface area contributed by atoms with Gasteiger partial charge < -0.3 is 10.6 Å². The summed E-state index contributed by atoms with van der Waals surface area (Å²) in [7, 11) is 0. The summed E-state index contributed by atoms with van der Waals surface area (Å²) in [4.78, 5) is 12.9. The van der Waals surface area contributed by atoms with Crippen molar-refractivity contribution in [3.05, 3.63) is 53.6 Å². The smallest absolute Gasteiger partial charge is 0.248 e. The zero-order valence-electron chi connectivity index (χ0n) is 13.6. The third kappa shape index (κ3) is 3.60. The number of carbonyl (C=O) groups is 1. The third-order valence-corrected chi connectivity index (χ3v) is 4.49. The van der Waals surface area contributed by atoms with Crippen LogP contribution in [-0.2, 0) is 16.9 Å². The Morgan fingerprint density at radius 3 is 2.79 bits per heavy atom.